The van der Waals surface area contributed by atoms with Crippen LogP contribution in [0.2, 0.25) is 0 Å². The maximum atomic E-state index is 12.1. The van der Waals surface area contributed by atoms with E-state index in [1.165, 1.54) is 0 Å². The van der Waals surface area contributed by atoms with Gasteiger partial charge in [0.05, 0.1) is 6.04 Å². The Morgan fingerprint density at radius 1 is 1.00 bits per heavy atom. The summed E-state index contributed by atoms with van der Waals surface area (Å²) >= 11 is 0. The molecule has 2 aromatic carbocycles. The zero-order chi connectivity index (χ0) is 14.9. The maximum Gasteiger partial charge on any atom is 0.135 e. The molecule has 2 nitrogen and oxygen atoms in total. The van der Waals surface area contributed by atoms with E-state index in [1.54, 1.807) is 0 Å². The lowest BCUT2D eigenvalue weighted by atomic mass is 9.98. The van der Waals surface area contributed by atoms with Gasteiger partial charge in [-0.3, -0.25) is 4.79 Å². The van der Waals surface area contributed by atoms with Gasteiger partial charge in [0.25, 0.3) is 0 Å². The molecule has 1 unspecified atom stereocenters. The molecular formula is C19H23NO. The first-order chi connectivity index (χ1) is 10.3. The van der Waals surface area contributed by atoms with Gasteiger partial charge in [0.1, 0.15) is 5.78 Å². The molecule has 1 N–H and O–H groups in total. The lowest BCUT2D eigenvalue weighted by Crippen LogP contribution is -2.15. The Morgan fingerprint density at radius 3 is 2.24 bits per heavy atom. The highest BCUT2D eigenvalue weighted by Crippen LogP contribution is 2.23. The topological polar surface area (TPSA) is 29.1 Å². The Labute approximate surface area is 127 Å². The van der Waals surface area contributed by atoms with Crippen LogP contribution in [0.25, 0.3) is 0 Å². The second kappa shape index (κ2) is 8.25. The zero-order valence-electron chi connectivity index (χ0n) is 12.6. The number of ketones is 1. The molecule has 0 fully saturated rings. The van der Waals surface area contributed by atoms with Crippen molar-refractivity contribution in [1.29, 1.82) is 0 Å². The van der Waals surface area contributed by atoms with Crippen molar-refractivity contribution in [1.82, 2.24) is 0 Å². The van der Waals surface area contributed by atoms with E-state index in [2.05, 4.69) is 24.4 Å². The molecule has 0 bridgehead atoms. The molecular weight excluding hydrogens is 258 g/mol. The fourth-order valence-corrected chi connectivity index (χ4v) is 2.38. The van der Waals surface area contributed by atoms with Gasteiger partial charge in [-0.05, 0) is 24.1 Å². The Hall–Kier alpha value is -2.09. The molecule has 0 saturated heterocycles. The van der Waals surface area contributed by atoms with Crippen molar-refractivity contribution in [3.63, 3.8) is 0 Å². The molecule has 2 rings (SSSR count). The van der Waals surface area contributed by atoms with Crippen LogP contribution in [0.5, 0.6) is 0 Å². The summed E-state index contributed by atoms with van der Waals surface area (Å²) in [7, 11) is 0. The third-order valence-corrected chi connectivity index (χ3v) is 3.56. The second-order valence-corrected chi connectivity index (χ2v) is 5.32. The smallest absolute Gasteiger partial charge is 0.135 e. The molecule has 0 aliphatic rings. The zero-order valence-corrected chi connectivity index (χ0v) is 12.6. The predicted octanol–water partition coefficient (Wildman–Crippen LogP) is 4.99. The van der Waals surface area contributed by atoms with Crippen LogP contribution in [0, 0.1) is 0 Å². The van der Waals surface area contributed by atoms with Crippen molar-refractivity contribution >= 4 is 11.5 Å². The molecule has 0 amide bonds. The number of unbranched alkanes of at least 4 members (excludes halogenated alkanes) is 1. The van der Waals surface area contributed by atoms with E-state index in [1.807, 2.05) is 48.5 Å². The molecule has 0 aromatic heterocycles. The van der Waals surface area contributed by atoms with Crippen LogP contribution < -0.4 is 5.32 Å². The molecule has 2 heteroatoms. The lowest BCUT2D eigenvalue weighted by molar-refractivity contribution is -0.119. The number of hydrogen-bond acceptors (Lipinski definition) is 2. The van der Waals surface area contributed by atoms with Gasteiger partial charge in [0.2, 0.25) is 0 Å². The van der Waals surface area contributed by atoms with Crippen molar-refractivity contribution in [2.24, 2.45) is 0 Å². The lowest BCUT2D eigenvalue weighted by Gasteiger charge is -2.20. The maximum absolute atomic E-state index is 12.1. The molecule has 0 aliphatic carbocycles. The summed E-state index contributed by atoms with van der Waals surface area (Å²) in [6.07, 6.45) is 3.26. The molecule has 0 heterocycles. The third-order valence-electron chi connectivity index (χ3n) is 3.56. The van der Waals surface area contributed by atoms with Gasteiger partial charge >= 0.3 is 0 Å². The van der Waals surface area contributed by atoms with E-state index in [0.717, 1.165) is 24.1 Å². The van der Waals surface area contributed by atoms with Gasteiger partial charge in [-0.2, -0.15) is 0 Å². The van der Waals surface area contributed by atoms with Crippen LogP contribution in [0.4, 0.5) is 5.69 Å². The summed E-state index contributed by atoms with van der Waals surface area (Å²) in [6, 6.07) is 20.3. The van der Waals surface area contributed by atoms with E-state index in [-0.39, 0.29) is 6.04 Å². The number of anilines is 1. The minimum Gasteiger partial charge on any atom is -0.378 e. The minimum absolute atomic E-state index is 0.0398. The summed E-state index contributed by atoms with van der Waals surface area (Å²) in [5.41, 5.74) is 2.21. The fraction of sp³-hybridized carbons (Fsp3) is 0.316. The molecule has 0 radical (unpaired) electrons. The number of para-hydroxylation sites is 1. The van der Waals surface area contributed by atoms with Crippen LogP contribution in [0.1, 0.15) is 44.2 Å². The predicted molar refractivity (Wildman–Crippen MR) is 88.4 cm³/mol. The molecule has 0 saturated carbocycles. The standard InChI is InChI=1S/C19H23NO/c1-2-3-14-18(21)15-19(16-10-6-4-7-11-16)20-17-12-8-5-9-13-17/h4-13,19-20H,2-3,14-15H2,1H3. The fourth-order valence-electron chi connectivity index (χ4n) is 2.38. The van der Waals surface area contributed by atoms with Crippen LogP contribution in [-0.2, 0) is 4.79 Å². The number of Topliss-reactive ketones (excluding diaryl/α,β-unsaturated/α-hetero) is 1. The average molecular weight is 281 g/mol. The van der Waals surface area contributed by atoms with Crippen molar-refractivity contribution in [3.8, 4) is 0 Å². The van der Waals surface area contributed by atoms with Crippen molar-refractivity contribution in [2.45, 2.75) is 38.6 Å². The summed E-state index contributed by atoms with van der Waals surface area (Å²) in [5, 5.41) is 3.48. The van der Waals surface area contributed by atoms with Gasteiger partial charge in [-0.25, -0.2) is 0 Å². The van der Waals surface area contributed by atoms with Gasteiger partial charge in [-0.1, -0.05) is 61.9 Å². The Morgan fingerprint density at radius 2 is 1.62 bits per heavy atom. The van der Waals surface area contributed by atoms with Gasteiger partial charge in [-0.15, -0.1) is 0 Å². The van der Waals surface area contributed by atoms with Crippen molar-refractivity contribution in [3.05, 3.63) is 66.2 Å². The van der Waals surface area contributed by atoms with Crippen LogP contribution >= 0.6 is 0 Å². The van der Waals surface area contributed by atoms with E-state index >= 15 is 0 Å². The third kappa shape index (κ3) is 5.07. The van der Waals surface area contributed by atoms with Gasteiger partial charge < -0.3 is 5.32 Å². The quantitative estimate of drug-likeness (QED) is 0.738. The summed E-state index contributed by atoms with van der Waals surface area (Å²) < 4.78 is 0. The van der Waals surface area contributed by atoms with Crippen LogP contribution in [0.3, 0.4) is 0 Å². The summed E-state index contributed by atoms with van der Waals surface area (Å²) in [6.45, 7) is 2.12. The van der Waals surface area contributed by atoms with Gasteiger partial charge in [0, 0.05) is 18.5 Å². The van der Waals surface area contributed by atoms with E-state index < -0.39 is 0 Å². The van der Waals surface area contributed by atoms with E-state index in [4.69, 9.17) is 0 Å². The number of benzene rings is 2. The highest BCUT2D eigenvalue weighted by molar-refractivity contribution is 5.79. The van der Waals surface area contributed by atoms with Crippen LogP contribution in [-0.4, -0.2) is 5.78 Å². The summed E-state index contributed by atoms with van der Waals surface area (Å²) in [4.78, 5) is 12.1. The largest absolute Gasteiger partial charge is 0.378 e. The molecule has 110 valence electrons. The monoisotopic (exact) mass is 281 g/mol. The van der Waals surface area contributed by atoms with Gasteiger partial charge in [0.15, 0.2) is 0 Å². The molecule has 21 heavy (non-hydrogen) atoms. The Bertz CT molecular complexity index is 536. The summed E-state index contributed by atoms with van der Waals surface area (Å²) in [5.74, 6) is 0.328. The highest BCUT2D eigenvalue weighted by atomic mass is 16.1. The number of nitrogens with one attached hydrogen (secondary N) is 1. The Balaban J connectivity index is 2.09. The highest BCUT2D eigenvalue weighted by Gasteiger charge is 2.15. The first-order valence-corrected chi connectivity index (χ1v) is 7.68. The number of carbonyl (C=O) groups is 1. The Kier molecular flexibility index (Phi) is 6.01. The first-order valence-electron chi connectivity index (χ1n) is 7.68. The molecule has 0 spiro atoms. The minimum atomic E-state index is 0.0398. The number of carbonyl (C=O) groups excluding carboxylic acids is 1. The second-order valence-electron chi connectivity index (χ2n) is 5.32. The number of hydrogen-bond donors (Lipinski definition) is 1. The van der Waals surface area contributed by atoms with Crippen molar-refractivity contribution in [2.75, 3.05) is 5.32 Å². The molecule has 1 atom stereocenters. The number of rotatable bonds is 8. The first kappa shape index (κ1) is 15.3. The molecule has 0 aliphatic heterocycles. The SMILES string of the molecule is CCCCC(=O)CC(Nc1ccccc1)c1ccccc1. The average Bonchev–Trinajstić information content (AvgIpc) is 2.54. The molecule has 2 aromatic rings. The van der Waals surface area contributed by atoms with Crippen LogP contribution in [0.15, 0.2) is 60.7 Å². The van der Waals surface area contributed by atoms with E-state index in [9.17, 15) is 4.79 Å². The normalized spacial score (nSPS) is 11.9. The van der Waals surface area contributed by atoms with Crippen molar-refractivity contribution < 1.29 is 4.79 Å². The van der Waals surface area contributed by atoms with E-state index in [0.29, 0.717) is 18.6 Å².